The SMILES string of the molecule is CCN(CC)P(c1ccccc1OC)C1C=CCC=C1. The van der Waals surface area contributed by atoms with E-state index in [1.54, 1.807) is 7.11 Å². The molecular formula is C17H24NOP. The summed E-state index contributed by atoms with van der Waals surface area (Å²) in [5, 5.41) is 1.34. The molecule has 0 aromatic heterocycles. The molecule has 0 spiro atoms. The van der Waals surface area contributed by atoms with Crippen molar-refractivity contribution < 1.29 is 4.74 Å². The Morgan fingerprint density at radius 1 is 1.15 bits per heavy atom. The first-order valence-corrected chi connectivity index (χ1v) is 8.68. The lowest BCUT2D eigenvalue weighted by molar-refractivity contribution is 0.417. The molecule has 2 nitrogen and oxygen atoms in total. The number of para-hydroxylation sites is 1. The largest absolute Gasteiger partial charge is 0.496 e. The minimum Gasteiger partial charge on any atom is -0.496 e. The van der Waals surface area contributed by atoms with Crippen LogP contribution in [0.2, 0.25) is 0 Å². The van der Waals surface area contributed by atoms with E-state index in [4.69, 9.17) is 4.74 Å². The molecular weight excluding hydrogens is 265 g/mol. The summed E-state index contributed by atoms with van der Waals surface area (Å²) in [7, 11) is 1.34. The summed E-state index contributed by atoms with van der Waals surface area (Å²) >= 11 is 0. The van der Waals surface area contributed by atoms with E-state index in [0.717, 1.165) is 25.3 Å². The van der Waals surface area contributed by atoms with E-state index in [1.807, 2.05) is 6.07 Å². The van der Waals surface area contributed by atoms with E-state index in [9.17, 15) is 0 Å². The van der Waals surface area contributed by atoms with Gasteiger partial charge >= 0.3 is 0 Å². The molecule has 0 N–H and O–H groups in total. The van der Waals surface area contributed by atoms with Crippen LogP contribution in [0.5, 0.6) is 5.75 Å². The fourth-order valence-electron chi connectivity index (χ4n) is 2.59. The monoisotopic (exact) mass is 289 g/mol. The molecule has 1 aliphatic carbocycles. The Morgan fingerprint density at radius 3 is 2.40 bits per heavy atom. The lowest BCUT2D eigenvalue weighted by Crippen LogP contribution is -2.28. The highest BCUT2D eigenvalue weighted by atomic mass is 31.1. The molecule has 1 aliphatic rings. The summed E-state index contributed by atoms with van der Waals surface area (Å²) in [4.78, 5) is 0. The first-order chi connectivity index (χ1) is 9.81. The van der Waals surface area contributed by atoms with Crippen LogP contribution in [0.15, 0.2) is 48.6 Å². The molecule has 108 valence electrons. The van der Waals surface area contributed by atoms with Gasteiger partial charge in [-0.25, -0.2) is 0 Å². The number of hydrogen-bond donors (Lipinski definition) is 0. The zero-order chi connectivity index (χ0) is 14.4. The maximum atomic E-state index is 5.60. The number of methoxy groups -OCH3 is 1. The van der Waals surface area contributed by atoms with Gasteiger partial charge in [0.15, 0.2) is 0 Å². The van der Waals surface area contributed by atoms with Crippen LogP contribution in [0, 0.1) is 0 Å². The van der Waals surface area contributed by atoms with Crippen LogP contribution in [-0.2, 0) is 0 Å². The highest BCUT2D eigenvalue weighted by molar-refractivity contribution is 7.64. The second-order valence-electron chi connectivity index (χ2n) is 4.74. The van der Waals surface area contributed by atoms with Crippen molar-refractivity contribution in [3.05, 3.63) is 48.6 Å². The van der Waals surface area contributed by atoms with Crippen molar-refractivity contribution in [1.82, 2.24) is 4.67 Å². The van der Waals surface area contributed by atoms with E-state index < -0.39 is 8.07 Å². The molecule has 0 saturated heterocycles. The smallest absolute Gasteiger partial charge is 0.127 e. The van der Waals surface area contributed by atoms with E-state index in [-0.39, 0.29) is 0 Å². The standard InChI is InChI=1S/C17H24NOP/c1-4-18(5-2)20(15-11-7-6-8-12-15)17-14-10-9-13-16(17)19-3/h7-15H,4-6H2,1-3H3. The predicted molar refractivity (Wildman–Crippen MR) is 89.2 cm³/mol. The topological polar surface area (TPSA) is 12.5 Å². The van der Waals surface area contributed by atoms with Crippen LogP contribution in [0.3, 0.4) is 0 Å². The summed E-state index contributed by atoms with van der Waals surface area (Å²) < 4.78 is 8.16. The fourth-order valence-corrected chi connectivity index (χ4v) is 5.40. The van der Waals surface area contributed by atoms with Crippen LogP contribution in [0.25, 0.3) is 0 Å². The molecule has 0 bridgehead atoms. The van der Waals surface area contributed by atoms with Crippen LogP contribution >= 0.6 is 8.07 Å². The molecule has 1 unspecified atom stereocenters. The van der Waals surface area contributed by atoms with Gasteiger partial charge < -0.3 is 4.74 Å². The highest BCUT2D eigenvalue weighted by Gasteiger charge is 2.27. The van der Waals surface area contributed by atoms with Gasteiger partial charge in [0.25, 0.3) is 0 Å². The quantitative estimate of drug-likeness (QED) is 0.581. The molecule has 1 atom stereocenters. The summed E-state index contributed by atoms with van der Waals surface area (Å²) in [6, 6.07) is 8.46. The third-order valence-electron chi connectivity index (χ3n) is 3.59. The Balaban J connectivity index is 2.42. The molecule has 0 heterocycles. The number of hydrogen-bond acceptors (Lipinski definition) is 2. The summed E-state index contributed by atoms with van der Waals surface area (Å²) in [6.45, 7) is 6.62. The molecule has 0 amide bonds. The Hall–Kier alpha value is -1.11. The lowest BCUT2D eigenvalue weighted by atomic mass is 10.2. The molecule has 0 saturated carbocycles. The average Bonchev–Trinajstić information content (AvgIpc) is 2.53. The average molecular weight is 289 g/mol. The molecule has 0 fully saturated rings. The maximum Gasteiger partial charge on any atom is 0.127 e. The molecule has 0 aliphatic heterocycles. The van der Waals surface area contributed by atoms with Crippen molar-refractivity contribution in [3.8, 4) is 5.75 Å². The number of rotatable bonds is 6. The second kappa shape index (κ2) is 7.61. The zero-order valence-corrected chi connectivity index (χ0v) is 13.5. The fraction of sp³-hybridized carbons (Fsp3) is 0.412. The highest BCUT2D eigenvalue weighted by Crippen LogP contribution is 2.48. The van der Waals surface area contributed by atoms with Gasteiger partial charge in [-0.1, -0.05) is 50.3 Å². The second-order valence-corrected chi connectivity index (χ2v) is 7.07. The van der Waals surface area contributed by atoms with Gasteiger partial charge in [-0.3, -0.25) is 4.67 Å². The number of ether oxygens (including phenoxy) is 1. The predicted octanol–water partition coefficient (Wildman–Crippen LogP) is 3.94. The Bertz CT molecular complexity index is 468. The van der Waals surface area contributed by atoms with Gasteiger partial charge in [0.1, 0.15) is 5.75 Å². The minimum absolute atomic E-state index is 0.429. The minimum atomic E-state index is -0.429. The van der Waals surface area contributed by atoms with E-state index in [1.165, 1.54) is 5.30 Å². The molecule has 2 rings (SSSR count). The first-order valence-electron chi connectivity index (χ1n) is 7.32. The van der Waals surface area contributed by atoms with Crippen molar-refractivity contribution >= 4 is 13.4 Å². The van der Waals surface area contributed by atoms with Crippen molar-refractivity contribution in [2.75, 3.05) is 20.2 Å². The molecule has 1 aromatic rings. The molecule has 0 radical (unpaired) electrons. The van der Waals surface area contributed by atoms with E-state index in [0.29, 0.717) is 5.66 Å². The van der Waals surface area contributed by atoms with Crippen LogP contribution in [-0.4, -0.2) is 30.5 Å². The third kappa shape index (κ3) is 3.31. The third-order valence-corrected chi connectivity index (χ3v) is 6.54. The lowest BCUT2D eigenvalue weighted by Gasteiger charge is -2.35. The zero-order valence-electron chi connectivity index (χ0n) is 12.6. The summed E-state index contributed by atoms with van der Waals surface area (Å²) in [5.41, 5.74) is 0.481. The maximum absolute atomic E-state index is 5.60. The molecule has 3 heteroatoms. The van der Waals surface area contributed by atoms with Gasteiger partial charge in [0, 0.05) is 19.0 Å². The van der Waals surface area contributed by atoms with Crippen molar-refractivity contribution in [1.29, 1.82) is 0 Å². The van der Waals surface area contributed by atoms with E-state index in [2.05, 4.69) is 61.0 Å². The van der Waals surface area contributed by atoms with Crippen LogP contribution in [0.1, 0.15) is 20.3 Å². The number of nitrogens with zero attached hydrogens (tertiary/aromatic N) is 1. The number of benzene rings is 1. The van der Waals surface area contributed by atoms with Crippen LogP contribution in [0.4, 0.5) is 0 Å². The van der Waals surface area contributed by atoms with Gasteiger partial charge in [-0.15, -0.1) is 0 Å². The van der Waals surface area contributed by atoms with Crippen molar-refractivity contribution in [3.63, 3.8) is 0 Å². The van der Waals surface area contributed by atoms with Gasteiger partial charge in [-0.2, -0.15) is 0 Å². The first kappa shape index (κ1) is 15.3. The van der Waals surface area contributed by atoms with Crippen molar-refractivity contribution in [2.24, 2.45) is 0 Å². The summed E-state index contributed by atoms with van der Waals surface area (Å²) in [6.07, 6.45) is 10.3. The van der Waals surface area contributed by atoms with Gasteiger partial charge in [0.05, 0.1) is 7.11 Å². The van der Waals surface area contributed by atoms with E-state index >= 15 is 0 Å². The van der Waals surface area contributed by atoms with Gasteiger partial charge in [0.2, 0.25) is 0 Å². The molecule has 1 aromatic carbocycles. The van der Waals surface area contributed by atoms with Crippen molar-refractivity contribution in [2.45, 2.75) is 25.9 Å². The summed E-state index contributed by atoms with van der Waals surface area (Å²) in [5.74, 6) is 1.01. The Morgan fingerprint density at radius 2 is 1.80 bits per heavy atom. The Kier molecular flexibility index (Phi) is 5.82. The van der Waals surface area contributed by atoms with Gasteiger partial charge in [-0.05, 0) is 31.6 Å². The number of allylic oxidation sites excluding steroid dienone is 4. The Labute approximate surface area is 123 Å². The molecule has 20 heavy (non-hydrogen) atoms. The van der Waals surface area contributed by atoms with Crippen LogP contribution < -0.4 is 10.0 Å². The normalized spacial score (nSPS) is 16.6.